The Morgan fingerprint density at radius 2 is 2.14 bits per heavy atom. The number of fused-ring (bicyclic) bond motifs is 1. The van der Waals surface area contributed by atoms with Gasteiger partial charge in [-0.15, -0.1) is 0 Å². The Morgan fingerprint density at radius 3 is 2.95 bits per heavy atom. The van der Waals surface area contributed by atoms with Crippen LogP contribution in [0, 0.1) is 18.3 Å². The first-order valence-corrected chi connectivity index (χ1v) is 8.28. The molecule has 1 aliphatic heterocycles. The van der Waals surface area contributed by atoms with Gasteiger partial charge in [-0.1, -0.05) is 23.8 Å². The fourth-order valence-corrected chi connectivity index (χ4v) is 4.36. The lowest BCUT2D eigenvalue weighted by Crippen LogP contribution is -2.34. The summed E-state index contributed by atoms with van der Waals surface area (Å²) < 4.78 is 0. The molecule has 0 radical (unpaired) electrons. The predicted octanol–water partition coefficient (Wildman–Crippen LogP) is 2.49. The third kappa shape index (κ3) is 2.28. The molecule has 2 fully saturated rings. The molecule has 1 aromatic rings. The van der Waals surface area contributed by atoms with Crippen molar-refractivity contribution in [2.45, 2.75) is 45.1 Å². The normalized spacial score (nSPS) is 29.2. The van der Waals surface area contributed by atoms with Gasteiger partial charge in [0.25, 0.3) is 0 Å². The maximum absolute atomic E-state index is 12.6. The van der Waals surface area contributed by atoms with E-state index in [0.717, 1.165) is 32.4 Å². The van der Waals surface area contributed by atoms with E-state index in [1.165, 1.54) is 29.5 Å². The van der Waals surface area contributed by atoms with Gasteiger partial charge in [0.15, 0.2) is 0 Å². The summed E-state index contributed by atoms with van der Waals surface area (Å²) >= 11 is 0. The van der Waals surface area contributed by atoms with E-state index < -0.39 is 0 Å². The Labute approximate surface area is 126 Å². The van der Waals surface area contributed by atoms with Gasteiger partial charge in [-0.25, -0.2) is 0 Å². The SMILES string of the molecule is Cc1ccc2c(c1)CCC2NC(=O)C1CC12CCNCC2. The zero-order chi connectivity index (χ0) is 14.4. The summed E-state index contributed by atoms with van der Waals surface area (Å²) in [6.45, 7) is 4.29. The first kappa shape index (κ1) is 13.3. The van der Waals surface area contributed by atoms with E-state index in [4.69, 9.17) is 0 Å². The smallest absolute Gasteiger partial charge is 0.224 e. The molecule has 3 heteroatoms. The van der Waals surface area contributed by atoms with Crippen LogP contribution in [-0.4, -0.2) is 19.0 Å². The highest BCUT2D eigenvalue weighted by Gasteiger charge is 2.57. The summed E-state index contributed by atoms with van der Waals surface area (Å²) in [6, 6.07) is 6.88. The molecule has 4 rings (SSSR count). The molecule has 0 aromatic heterocycles. The molecule has 112 valence electrons. The highest BCUT2D eigenvalue weighted by molar-refractivity contribution is 5.83. The molecule has 1 spiro atoms. The van der Waals surface area contributed by atoms with E-state index in [1.807, 2.05) is 0 Å². The number of carbonyl (C=O) groups is 1. The number of benzene rings is 1. The van der Waals surface area contributed by atoms with Crippen LogP contribution in [0.2, 0.25) is 0 Å². The van der Waals surface area contributed by atoms with E-state index in [1.54, 1.807) is 0 Å². The topological polar surface area (TPSA) is 41.1 Å². The molecule has 1 amide bonds. The highest BCUT2D eigenvalue weighted by atomic mass is 16.2. The van der Waals surface area contributed by atoms with Gasteiger partial charge in [-0.05, 0) is 68.7 Å². The lowest BCUT2D eigenvalue weighted by atomic mass is 9.91. The van der Waals surface area contributed by atoms with Gasteiger partial charge in [0, 0.05) is 5.92 Å². The molecule has 1 saturated heterocycles. The van der Waals surface area contributed by atoms with Crippen LogP contribution in [0.3, 0.4) is 0 Å². The van der Waals surface area contributed by atoms with E-state index in [-0.39, 0.29) is 12.0 Å². The fraction of sp³-hybridized carbons (Fsp3) is 0.611. The van der Waals surface area contributed by atoms with Crippen molar-refractivity contribution >= 4 is 5.91 Å². The number of rotatable bonds is 2. The van der Waals surface area contributed by atoms with Gasteiger partial charge >= 0.3 is 0 Å². The summed E-state index contributed by atoms with van der Waals surface area (Å²) in [5.41, 5.74) is 4.42. The lowest BCUT2D eigenvalue weighted by Gasteiger charge is -2.24. The van der Waals surface area contributed by atoms with Crippen LogP contribution in [0.4, 0.5) is 0 Å². The summed E-state index contributed by atoms with van der Waals surface area (Å²) in [6.07, 6.45) is 5.61. The number of hydrogen-bond acceptors (Lipinski definition) is 2. The Morgan fingerprint density at radius 1 is 1.33 bits per heavy atom. The van der Waals surface area contributed by atoms with Crippen LogP contribution in [0.5, 0.6) is 0 Å². The lowest BCUT2D eigenvalue weighted by molar-refractivity contribution is -0.124. The van der Waals surface area contributed by atoms with Crippen molar-refractivity contribution in [1.82, 2.24) is 10.6 Å². The van der Waals surface area contributed by atoms with Crippen LogP contribution in [0.1, 0.15) is 48.4 Å². The summed E-state index contributed by atoms with van der Waals surface area (Å²) in [5.74, 6) is 0.574. The van der Waals surface area contributed by atoms with Crippen LogP contribution >= 0.6 is 0 Å². The molecule has 1 saturated carbocycles. The van der Waals surface area contributed by atoms with Crippen LogP contribution < -0.4 is 10.6 Å². The molecule has 1 heterocycles. The van der Waals surface area contributed by atoms with E-state index in [2.05, 4.69) is 35.8 Å². The quantitative estimate of drug-likeness (QED) is 0.876. The third-order valence-electron chi connectivity index (χ3n) is 5.80. The molecule has 3 nitrogen and oxygen atoms in total. The monoisotopic (exact) mass is 284 g/mol. The molecule has 3 aliphatic rings. The van der Waals surface area contributed by atoms with Crippen molar-refractivity contribution in [3.05, 3.63) is 34.9 Å². The van der Waals surface area contributed by atoms with Crippen molar-refractivity contribution < 1.29 is 4.79 Å². The summed E-state index contributed by atoms with van der Waals surface area (Å²) in [7, 11) is 0. The number of carbonyl (C=O) groups excluding carboxylic acids is 1. The largest absolute Gasteiger partial charge is 0.349 e. The van der Waals surface area contributed by atoms with Crippen LogP contribution in [0.25, 0.3) is 0 Å². The maximum Gasteiger partial charge on any atom is 0.224 e. The van der Waals surface area contributed by atoms with E-state index in [0.29, 0.717) is 11.3 Å². The second-order valence-electron chi connectivity index (χ2n) is 7.17. The molecule has 2 unspecified atom stereocenters. The van der Waals surface area contributed by atoms with Gasteiger partial charge in [-0.3, -0.25) is 4.79 Å². The third-order valence-corrected chi connectivity index (χ3v) is 5.80. The zero-order valence-corrected chi connectivity index (χ0v) is 12.7. The molecule has 1 aromatic carbocycles. The molecule has 0 bridgehead atoms. The average molecular weight is 284 g/mol. The van der Waals surface area contributed by atoms with Gasteiger partial charge in [-0.2, -0.15) is 0 Å². The van der Waals surface area contributed by atoms with Crippen molar-refractivity contribution in [1.29, 1.82) is 0 Å². The van der Waals surface area contributed by atoms with Crippen molar-refractivity contribution in [3.63, 3.8) is 0 Å². The second kappa shape index (κ2) is 4.84. The second-order valence-corrected chi connectivity index (χ2v) is 7.17. The van der Waals surface area contributed by atoms with Gasteiger partial charge in [0.05, 0.1) is 6.04 Å². The molecule has 2 aliphatic carbocycles. The van der Waals surface area contributed by atoms with Crippen molar-refractivity contribution in [2.24, 2.45) is 11.3 Å². The molecular weight excluding hydrogens is 260 g/mol. The Hall–Kier alpha value is -1.35. The molecule has 2 atom stereocenters. The molecule has 21 heavy (non-hydrogen) atoms. The number of nitrogens with one attached hydrogen (secondary N) is 2. The minimum Gasteiger partial charge on any atom is -0.349 e. The number of piperidine rings is 1. The van der Waals surface area contributed by atoms with Gasteiger partial charge in [0.1, 0.15) is 0 Å². The Bertz CT molecular complexity index is 575. The Kier molecular flexibility index (Phi) is 3.07. The average Bonchev–Trinajstić information content (AvgIpc) is 3.03. The minimum atomic E-state index is 0.243. The zero-order valence-electron chi connectivity index (χ0n) is 12.7. The summed E-state index contributed by atoms with van der Waals surface area (Å²) in [5, 5.41) is 6.73. The van der Waals surface area contributed by atoms with E-state index in [9.17, 15) is 4.79 Å². The number of hydrogen-bond donors (Lipinski definition) is 2. The first-order valence-electron chi connectivity index (χ1n) is 8.28. The molecular formula is C18H24N2O. The van der Waals surface area contributed by atoms with Crippen molar-refractivity contribution in [3.8, 4) is 0 Å². The first-order chi connectivity index (χ1) is 10.2. The standard InChI is InChI=1S/C18H24N2O/c1-12-2-4-14-13(10-12)3-5-16(14)20-17(21)15-11-18(15)6-8-19-9-7-18/h2,4,10,15-16,19H,3,5-9,11H2,1H3,(H,20,21). The number of aryl methyl sites for hydroxylation is 2. The molecule has 2 N–H and O–H groups in total. The highest BCUT2D eigenvalue weighted by Crippen LogP contribution is 2.58. The van der Waals surface area contributed by atoms with Crippen LogP contribution in [-0.2, 0) is 11.2 Å². The van der Waals surface area contributed by atoms with E-state index >= 15 is 0 Å². The van der Waals surface area contributed by atoms with Crippen LogP contribution in [0.15, 0.2) is 18.2 Å². The Balaban J connectivity index is 1.43. The maximum atomic E-state index is 12.6. The van der Waals surface area contributed by atoms with Gasteiger partial charge < -0.3 is 10.6 Å². The summed E-state index contributed by atoms with van der Waals surface area (Å²) in [4.78, 5) is 12.6. The minimum absolute atomic E-state index is 0.243. The number of amides is 1. The predicted molar refractivity (Wildman–Crippen MR) is 83.0 cm³/mol. The fourth-order valence-electron chi connectivity index (χ4n) is 4.36. The van der Waals surface area contributed by atoms with Crippen molar-refractivity contribution in [2.75, 3.05) is 13.1 Å². The van der Waals surface area contributed by atoms with Gasteiger partial charge in [0.2, 0.25) is 5.91 Å².